The van der Waals surface area contributed by atoms with Crippen LogP contribution in [0, 0.1) is 0 Å². The lowest BCUT2D eigenvalue weighted by molar-refractivity contribution is 0.961. The Labute approximate surface area is 90.5 Å². The first-order chi connectivity index (χ1) is 6.81. The van der Waals surface area contributed by atoms with Gasteiger partial charge in [0.2, 0.25) is 0 Å². The molecule has 0 aliphatic heterocycles. The Morgan fingerprint density at radius 2 is 2.43 bits per heavy atom. The Hall–Kier alpha value is -1.10. The van der Waals surface area contributed by atoms with Crippen LogP contribution in [0.25, 0.3) is 5.65 Å². The van der Waals surface area contributed by atoms with Crippen LogP contribution in [-0.4, -0.2) is 20.9 Å². The Morgan fingerprint density at radius 3 is 3.21 bits per heavy atom. The first-order valence-corrected chi connectivity index (χ1v) is 5.33. The van der Waals surface area contributed by atoms with Gasteiger partial charge >= 0.3 is 0 Å². The molecule has 0 bridgehead atoms. The largest absolute Gasteiger partial charge is 0.367 e. The highest BCUT2D eigenvalue weighted by Crippen LogP contribution is 2.16. The highest BCUT2D eigenvalue weighted by Gasteiger charge is 2.04. The maximum atomic E-state index is 4.33. The SMILES string of the molecule is CCCNc1nc(Br)cn2ccnc12. The smallest absolute Gasteiger partial charge is 0.180 e. The third-order valence-corrected chi connectivity index (χ3v) is 2.27. The summed E-state index contributed by atoms with van der Waals surface area (Å²) in [6, 6.07) is 0. The summed E-state index contributed by atoms with van der Waals surface area (Å²) in [4.78, 5) is 8.56. The van der Waals surface area contributed by atoms with Gasteiger partial charge in [0.1, 0.15) is 4.60 Å². The van der Waals surface area contributed by atoms with E-state index >= 15 is 0 Å². The fourth-order valence-corrected chi connectivity index (χ4v) is 1.66. The lowest BCUT2D eigenvalue weighted by Gasteiger charge is -2.05. The van der Waals surface area contributed by atoms with Crippen molar-refractivity contribution in [2.75, 3.05) is 11.9 Å². The summed E-state index contributed by atoms with van der Waals surface area (Å²) in [6.45, 7) is 3.03. The van der Waals surface area contributed by atoms with Gasteiger partial charge in [0, 0.05) is 25.1 Å². The average molecular weight is 255 g/mol. The molecule has 14 heavy (non-hydrogen) atoms. The van der Waals surface area contributed by atoms with Crippen LogP contribution in [0.4, 0.5) is 5.82 Å². The van der Waals surface area contributed by atoms with Gasteiger partial charge in [0.15, 0.2) is 11.5 Å². The summed E-state index contributed by atoms with van der Waals surface area (Å²) in [5, 5.41) is 3.24. The van der Waals surface area contributed by atoms with Crippen molar-refractivity contribution in [3.05, 3.63) is 23.2 Å². The first-order valence-electron chi connectivity index (χ1n) is 4.54. The summed E-state index contributed by atoms with van der Waals surface area (Å²) in [6.07, 6.45) is 6.62. The summed E-state index contributed by atoms with van der Waals surface area (Å²) in [7, 11) is 0. The molecule has 2 aromatic rings. The van der Waals surface area contributed by atoms with Crippen molar-refractivity contribution in [3.63, 3.8) is 0 Å². The molecule has 0 amide bonds. The van der Waals surface area contributed by atoms with Crippen LogP contribution in [0.1, 0.15) is 13.3 Å². The minimum absolute atomic E-state index is 0.807. The number of fused-ring (bicyclic) bond motifs is 1. The van der Waals surface area contributed by atoms with Crippen LogP contribution in [0.2, 0.25) is 0 Å². The maximum absolute atomic E-state index is 4.33. The number of nitrogens with one attached hydrogen (secondary N) is 1. The molecule has 1 N–H and O–H groups in total. The van der Waals surface area contributed by atoms with Crippen LogP contribution in [0.3, 0.4) is 0 Å². The van der Waals surface area contributed by atoms with Gasteiger partial charge in [-0.25, -0.2) is 9.97 Å². The number of hydrogen-bond acceptors (Lipinski definition) is 3. The maximum Gasteiger partial charge on any atom is 0.180 e. The Bertz CT molecular complexity index is 437. The third-order valence-electron chi connectivity index (χ3n) is 1.89. The van der Waals surface area contributed by atoms with E-state index in [1.165, 1.54) is 0 Å². The van der Waals surface area contributed by atoms with Gasteiger partial charge in [-0.3, -0.25) is 0 Å². The van der Waals surface area contributed by atoms with Gasteiger partial charge < -0.3 is 9.72 Å². The van der Waals surface area contributed by atoms with Gasteiger partial charge in [-0.1, -0.05) is 6.92 Å². The predicted molar refractivity (Wildman–Crippen MR) is 59.5 cm³/mol. The highest BCUT2D eigenvalue weighted by molar-refractivity contribution is 9.10. The predicted octanol–water partition coefficient (Wildman–Crippen LogP) is 2.31. The normalized spacial score (nSPS) is 10.7. The van der Waals surface area contributed by atoms with Crippen LogP contribution in [-0.2, 0) is 0 Å². The molecule has 74 valence electrons. The second-order valence-electron chi connectivity index (χ2n) is 3.00. The van der Waals surface area contributed by atoms with E-state index in [9.17, 15) is 0 Å². The second-order valence-corrected chi connectivity index (χ2v) is 3.81. The van der Waals surface area contributed by atoms with E-state index < -0.39 is 0 Å². The zero-order valence-electron chi connectivity index (χ0n) is 7.87. The Morgan fingerprint density at radius 1 is 1.57 bits per heavy atom. The fourth-order valence-electron chi connectivity index (χ4n) is 1.26. The standard InChI is InChI=1S/C9H11BrN4/c1-2-3-11-8-9-12-4-5-14(9)6-7(10)13-8/h4-6H,2-3H2,1H3,(H,11,13). The van der Waals surface area contributed by atoms with E-state index in [0.29, 0.717) is 0 Å². The van der Waals surface area contributed by atoms with Crippen molar-refractivity contribution in [2.24, 2.45) is 0 Å². The second kappa shape index (κ2) is 3.96. The number of aromatic nitrogens is 3. The summed E-state index contributed by atoms with van der Waals surface area (Å²) in [5.41, 5.74) is 0.863. The molecule has 2 rings (SSSR count). The van der Waals surface area contributed by atoms with E-state index in [1.54, 1.807) is 6.20 Å². The monoisotopic (exact) mass is 254 g/mol. The zero-order valence-corrected chi connectivity index (χ0v) is 9.45. The summed E-state index contributed by atoms with van der Waals surface area (Å²) >= 11 is 3.36. The first kappa shape index (κ1) is 9.45. The number of rotatable bonds is 3. The van der Waals surface area contributed by atoms with E-state index in [2.05, 4.69) is 38.1 Å². The third kappa shape index (κ3) is 1.72. The quantitative estimate of drug-likeness (QED) is 0.915. The van der Waals surface area contributed by atoms with Crippen molar-refractivity contribution in [3.8, 4) is 0 Å². The van der Waals surface area contributed by atoms with Crippen LogP contribution in [0.15, 0.2) is 23.2 Å². The van der Waals surface area contributed by atoms with Gasteiger partial charge in [0.25, 0.3) is 0 Å². The summed E-state index contributed by atoms with van der Waals surface area (Å²) in [5.74, 6) is 0.825. The van der Waals surface area contributed by atoms with Gasteiger partial charge in [0.05, 0.1) is 0 Å². The highest BCUT2D eigenvalue weighted by atomic mass is 79.9. The van der Waals surface area contributed by atoms with E-state index in [0.717, 1.165) is 29.0 Å². The number of imidazole rings is 1. The van der Waals surface area contributed by atoms with Crippen molar-refractivity contribution in [1.82, 2.24) is 14.4 Å². The molecular formula is C9H11BrN4. The molecule has 0 atom stereocenters. The molecule has 0 unspecified atom stereocenters. The Kier molecular flexibility index (Phi) is 2.67. The number of anilines is 1. The Balaban J connectivity index is 2.44. The number of halogens is 1. The molecule has 5 heteroatoms. The van der Waals surface area contributed by atoms with Crippen molar-refractivity contribution in [2.45, 2.75) is 13.3 Å². The van der Waals surface area contributed by atoms with E-state index in [-0.39, 0.29) is 0 Å². The number of nitrogens with zero attached hydrogens (tertiary/aromatic N) is 3. The van der Waals surface area contributed by atoms with E-state index in [1.807, 2.05) is 16.8 Å². The molecule has 0 aliphatic rings. The molecule has 0 fully saturated rings. The lowest BCUT2D eigenvalue weighted by Crippen LogP contribution is -2.04. The number of hydrogen-bond donors (Lipinski definition) is 1. The lowest BCUT2D eigenvalue weighted by atomic mass is 10.5. The molecule has 2 aromatic heterocycles. The molecular weight excluding hydrogens is 244 g/mol. The topological polar surface area (TPSA) is 42.2 Å². The van der Waals surface area contributed by atoms with Crippen LogP contribution in [0.5, 0.6) is 0 Å². The molecule has 2 heterocycles. The zero-order chi connectivity index (χ0) is 9.97. The minimum atomic E-state index is 0.807. The van der Waals surface area contributed by atoms with Crippen LogP contribution >= 0.6 is 15.9 Å². The molecule has 0 saturated carbocycles. The van der Waals surface area contributed by atoms with Gasteiger partial charge in [-0.15, -0.1) is 0 Å². The molecule has 0 spiro atoms. The van der Waals surface area contributed by atoms with Crippen molar-refractivity contribution in [1.29, 1.82) is 0 Å². The molecule has 0 aromatic carbocycles. The molecule has 0 aliphatic carbocycles. The molecule has 0 radical (unpaired) electrons. The van der Waals surface area contributed by atoms with E-state index in [4.69, 9.17) is 0 Å². The van der Waals surface area contributed by atoms with Gasteiger partial charge in [-0.05, 0) is 22.4 Å². The molecule has 4 nitrogen and oxygen atoms in total. The van der Waals surface area contributed by atoms with Crippen molar-refractivity contribution < 1.29 is 0 Å². The van der Waals surface area contributed by atoms with Gasteiger partial charge in [-0.2, -0.15) is 0 Å². The van der Waals surface area contributed by atoms with Crippen molar-refractivity contribution >= 4 is 27.4 Å². The van der Waals surface area contributed by atoms with Crippen LogP contribution < -0.4 is 5.32 Å². The summed E-state index contributed by atoms with van der Waals surface area (Å²) < 4.78 is 2.75. The average Bonchev–Trinajstić information content (AvgIpc) is 2.61. The minimum Gasteiger partial charge on any atom is -0.367 e. The molecule has 0 saturated heterocycles. The fraction of sp³-hybridized carbons (Fsp3) is 0.333.